The lowest BCUT2D eigenvalue weighted by Crippen LogP contribution is -2.57. The zero-order valence-electron chi connectivity index (χ0n) is 18.3. The minimum Gasteiger partial charge on any atom is -0.350 e. The van der Waals surface area contributed by atoms with Gasteiger partial charge < -0.3 is 4.90 Å². The Kier molecular flexibility index (Phi) is 6.03. The van der Waals surface area contributed by atoms with E-state index in [2.05, 4.69) is 33.6 Å². The van der Waals surface area contributed by atoms with Gasteiger partial charge in [-0.2, -0.15) is 4.98 Å². The van der Waals surface area contributed by atoms with Gasteiger partial charge in [0.05, 0.1) is 16.3 Å². The van der Waals surface area contributed by atoms with Crippen LogP contribution in [0.15, 0.2) is 60.0 Å². The van der Waals surface area contributed by atoms with E-state index in [1.165, 1.54) is 24.3 Å². The van der Waals surface area contributed by atoms with Crippen LogP contribution in [0.1, 0.15) is 31.0 Å². The molecular formula is C25H23ClF2N4S. The summed E-state index contributed by atoms with van der Waals surface area (Å²) < 4.78 is 28.4. The SMILES string of the molecule is C[C@@H]1CN(c2nc(Cl)nc3ccsc23)[C@@H](C)CN1C(c1ccc(F)cc1)c1ccc(F)cc1. The number of hydrogen-bond donors (Lipinski definition) is 0. The Hall–Kier alpha value is -2.61. The summed E-state index contributed by atoms with van der Waals surface area (Å²) in [6, 6.07) is 15.3. The number of halogens is 3. The van der Waals surface area contributed by atoms with E-state index in [0.29, 0.717) is 0 Å². The third kappa shape index (κ3) is 4.33. The Labute approximate surface area is 200 Å². The molecule has 0 saturated carbocycles. The number of nitrogens with zero attached hydrogens (tertiary/aromatic N) is 4. The smallest absolute Gasteiger partial charge is 0.224 e. The lowest BCUT2D eigenvalue weighted by Gasteiger charge is -2.48. The highest BCUT2D eigenvalue weighted by molar-refractivity contribution is 7.17. The van der Waals surface area contributed by atoms with Gasteiger partial charge in [0.15, 0.2) is 5.82 Å². The minimum atomic E-state index is -0.275. The zero-order valence-corrected chi connectivity index (χ0v) is 19.8. The van der Waals surface area contributed by atoms with Crippen molar-refractivity contribution in [1.29, 1.82) is 0 Å². The number of anilines is 1. The number of benzene rings is 2. The van der Waals surface area contributed by atoms with Crippen LogP contribution in [0.2, 0.25) is 5.28 Å². The van der Waals surface area contributed by atoms with Gasteiger partial charge in [-0.25, -0.2) is 13.8 Å². The largest absolute Gasteiger partial charge is 0.350 e. The number of fused-ring (bicyclic) bond motifs is 1. The van der Waals surface area contributed by atoms with Crippen LogP contribution < -0.4 is 4.90 Å². The van der Waals surface area contributed by atoms with Crippen molar-refractivity contribution >= 4 is 39.0 Å². The van der Waals surface area contributed by atoms with E-state index < -0.39 is 0 Å². The molecule has 0 spiro atoms. The van der Waals surface area contributed by atoms with Gasteiger partial charge in [-0.1, -0.05) is 24.3 Å². The van der Waals surface area contributed by atoms with E-state index in [-0.39, 0.29) is 35.0 Å². The first kappa shape index (κ1) is 22.2. The van der Waals surface area contributed by atoms with Crippen LogP contribution in [0.4, 0.5) is 14.6 Å². The van der Waals surface area contributed by atoms with E-state index in [1.54, 1.807) is 11.3 Å². The predicted molar refractivity (Wildman–Crippen MR) is 130 cm³/mol. The van der Waals surface area contributed by atoms with Crippen molar-refractivity contribution in [1.82, 2.24) is 14.9 Å². The molecule has 2 aromatic heterocycles. The standard InChI is InChI=1S/C25H23ClF2N4S/c1-15-14-32(24-23-21(11-12-33-23)29-25(26)30-24)16(2)13-31(15)22(17-3-7-19(27)8-4-17)18-5-9-20(28)10-6-18/h3-12,15-16,22H,13-14H2,1-2H3/t15-,16+/m1/s1. The van der Waals surface area contributed by atoms with Crippen LogP contribution in [0.5, 0.6) is 0 Å². The van der Waals surface area contributed by atoms with Crippen molar-refractivity contribution in [3.8, 4) is 0 Å². The summed E-state index contributed by atoms with van der Waals surface area (Å²) in [5.41, 5.74) is 2.80. The molecule has 2 atom stereocenters. The average Bonchev–Trinajstić information content (AvgIpc) is 3.26. The summed E-state index contributed by atoms with van der Waals surface area (Å²) in [4.78, 5) is 13.6. The zero-order chi connectivity index (χ0) is 23.1. The van der Waals surface area contributed by atoms with Crippen molar-refractivity contribution in [3.05, 3.63) is 88.0 Å². The topological polar surface area (TPSA) is 32.3 Å². The molecule has 0 amide bonds. The van der Waals surface area contributed by atoms with Gasteiger partial charge in [0, 0.05) is 25.2 Å². The number of piperazine rings is 1. The molecule has 5 rings (SSSR count). The second-order valence-corrected chi connectivity index (χ2v) is 9.76. The van der Waals surface area contributed by atoms with E-state index in [1.807, 2.05) is 35.7 Å². The highest BCUT2D eigenvalue weighted by atomic mass is 35.5. The molecule has 8 heteroatoms. The Morgan fingerprint density at radius 2 is 1.48 bits per heavy atom. The molecule has 0 bridgehead atoms. The molecule has 33 heavy (non-hydrogen) atoms. The lowest BCUT2D eigenvalue weighted by molar-refractivity contribution is 0.129. The molecule has 0 N–H and O–H groups in total. The van der Waals surface area contributed by atoms with Crippen molar-refractivity contribution in [2.45, 2.75) is 32.0 Å². The first-order chi connectivity index (χ1) is 15.9. The van der Waals surface area contributed by atoms with Crippen LogP contribution in [-0.4, -0.2) is 40.0 Å². The highest BCUT2D eigenvalue weighted by Gasteiger charge is 2.36. The van der Waals surface area contributed by atoms with E-state index >= 15 is 0 Å². The Morgan fingerprint density at radius 1 is 0.879 bits per heavy atom. The maximum absolute atomic E-state index is 13.7. The Bertz CT molecular complexity index is 1220. The minimum absolute atomic E-state index is 0.124. The first-order valence-corrected chi connectivity index (χ1v) is 12.1. The number of aromatic nitrogens is 2. The Morgan fingerprint density at radius 3 is 2.09 bits per heavy atom. The Balaban J connectivity index is 1.51. The van der Waals surface area contributed by atoms with Gasteiger partial charge >= 0.3 is 0 Å². The van der Waals surface area contributed by atoms with E-state index in [4.69, 9.17) is 11.6 Å². The fourth-order valence-electron chi connectivity index (χ4n) is 4.69. The summed E-state index contributed by atoms with van der Waals surface area (Å²) in [5.74, 6) is 0.311. The van der Waals surface area contributed by atoms with Gasteiger partial charge in [0.1, 0.15) is 11.6 Å². The van der Waals surface area contributed by atoms with E-state index in [0.717, 1.165) is 40.3 Å². The third-order valence-electron chi connectivity index (χ3n) is 6.27. The third-order valence-corrected chi connectivity index (χ3v) is 7.34. The predicted octanol–water partition coefficient (Wildman–Crippen LogP) is 6.31. The molecular weight excluding hydrogens is 462 g/mol. The molecule has 4 nitrogen and oxygen atoms in total. The van der Waals surface area contributed by atoms with Gasteiger partial charge in [0.2, 0.25) is 5.28 Å². The fraction of sp³-hybridized carbons (Fsp3) is 0.280. The van der Waals surface area contributed by atoms with Crippen LogP contribution >= 0.6 is 22.9 Å². The maximum atomic E-state index is 13.7. The summed E-state index contributed by atoms with van der Waals surface area (Å²) >= 11 is 7.85. The lowest BCUT2D eigenvalue weighted by atomic mass is 9.93. The van der Waals surface area contributed by atoms with Crippen molar-refractivity contribution < 1.29 is 8.78 Å². The van der Waals surface area contributed by atoms with Crippen LogP contribution in [0, 0.1) is 11.6 Å². The molecule has 1 saturated heterocycles. The molecule has 1 aliphatic heterocycles. The van der Waals surface area contributed by atoms with Gasteiger partial charge in [-0.05, 0) is 72.3 Å². The molecule has 0 radical (unpaired) electrons. The van der Waals surface area contributed by atoms with Crippen molar-refractivity contribution in [3.63, 3.8) is 0 Å². The quantitative estimate of drug-likeness (QED) is 0.318. The fourth-order valence-corrected chi connectivity index (χ4v) is 5.70. The normalized spacial score (nSPS) is 19.5. The molecule has 1 aliphatic rings. The van der Waals surface area contributed by atoms with Gasteiger partial charge in [-0.3, -0.25) is 4.90 Å². The monoisotopic (exact) mass is 484 g/mol. The number of thiophene rings is 1. The van der Waals surface area contributed by atoms with Crippen LogP contribution in [-0.2, 0) is 0 Å². The average molecular weight is 485 g/mol. The maximum Gasteiger partial charge on any atom is 0.224 e. The second-order valence-electron chi connectivity index (χ2n) is 8.50. The number of rotatable bonds is 4. The molecule has 0 unspecified atom stereocenters. The van der Waals surface area contributed by atoms with Crippen molar-refractivity contribution in [2.24, 2.45) is 0 Å². The number of hydrogen-bond acceptors (Lipinski definition) is 5. The van der Waals surface area contributed by atoms with E-state index in [9.17, 15) is 8.78 Å². The summed E-state index contributed by atoms with van der Waals surface area (Å²) in [6.07, 6.45) is 0. The summed E-state index contributed by atoms with van der Waals surface area (Å²) in [5, 5.41) is 2.25. The first-order valence-electron chi connectivity index (χ1n) is 10.8. The summed E-state index contributed by atoms with van der Waals surface area (Å²) in [6.45, 7) is 5.82. The van der Waals surface area contributed by atoms with Gasteiger partial charge in [0.25, 0.3) is 0 Å². The summed E-state index contributed by atoms with van der Waals surface area (Å²) in [7, 11) is 0. The molecule has 0 aliphatic carbocycles. The van der Waals surface area contributed by atoms with Crippen LogP contribution in [0.25, 0.3) is 10.2 Å². The van der Waals surface area contributed by atoms with Crippen molar-refractivity contribution in [2.75, 3.05) is 18.0 Å². The molecule has 3 heterocycles. The highest BCUT2D eigenvalue weighted by Crippen LogP contribution is 2.37. The second kappa shape index (κ2) is 8.97. The van der Waals surface area contributed by atoms with Gasteiger partial charge in [-0.15, -0.1) is 11.3 Å². The van der Waals surface area contributed by atoms with Crippen LogP contribution in [0.3, 0.4) is 0 Å². The molecule has 170 valence electrons. The molecule has 4 aromatic rings. The molecule has 1 fully saturated rings. The molecule has 2 aromatic carbocycles.